The average Bonchev–Trinajstić information content (AvgIpc) is 2.87. The molecule has 0 bridgehead atoms. The van der Waals surface area contributed by atoms with Gasteiger partial charge in [0.15, 0.2) is 11.5 Å². The van der Waals surface area contributed by atoms with Crippen molar-refractivity contribution in [1.82, 2.24) is 10.7 Å². The largest absolute Gasteiger partial charge is 0.493 e. The Bertz CT molecular complexity index is 1180. The highest BCUT2D eigenvalue weighted by Crippen LogP contribution is 2.30. The molecule has 3 aromatic carbocycles. The molecule has 8 heteroatoms. The van der Waals surface area contributed by atoms with E-state index in [9.17, 15) is 14.0 Å². The summed E-state index contributed by atoms with van der Waals surface area (Å²) in [7, 11) is 1.50. The lowest BCUT2D eigenvalue weighted by atomic mass is 10.0. The van der Waals surface area contributed by atoms with E-state index in [4.69, 9.17) is 9.47 Å². The molecule has 0 aliphatic carbocycles. The van der Waals surface area contributed by atoms with Crippen LogP contribution in [0.5, 0.6) is 11.5 Å². The third kappa shape index (κ3) is 7.40. The monoisotopic (exact) mass is 477 g/mol. The Labute approximate surface area is 204 Å². The van der Waals surface area contributed by atoms with E-state index < -0.39 is 11.8 Å². The van der Waals surface area contributed by atoms with Crippen LogP contribution in [0.15, 0.2) is 71.8 Å². The average molecular weight is 478 g/mol. The zero-order valence-corrected chi connectivity index (χ0v) is 19.9. The number of methoxy groups -OCH3 is 1. The molecule has 2 amide bonds. The molecule has 0 aliphatic rings. The minimum atomic E-state index is -0.892. The summed E-state index contributed by atoms with van der Waals surface area (Å²) in [6, 6.07) is 19.0. The number of nitrogens with zero attached hydrogens (tertiary/aromatic N) is 1. The van der Waals surface area contributed by atoms with Crippen LogP contribution in [0.2, 0.25) is 0 Å². The second kappa shape index (κ2) is 12.3. The van der Waals surface area contributed by atoms with Crippen molar-refractivity contribution in [2.75, 3.05) is 7.11 Å². The quantitative estimate of drug-likeness (QED) is 0.273. The molecule has 0 unspecified atom stereocenters. The number of para-hydroxylation sites is 1. The molecule has 182 valence electrons. The van der Waals surface area contributed by atoms with Crippen LogP contribution in [0, 0.1) is 5.82 Å². The Kier molecular flexibility index (Phi) is 8.95. The van der Waals surface area contributed by atoms with E-state index >= 15 is 0 Å². The normalized spacial score (nSPS) is 10.9. The van der Waals surface area contributed by atoms with E-state index in [1.807, 2.05) is 24.3 Å². The lowest BCUT2D eigenvalue weighted by Crippen LogP contribution is -2.37. The van der Waals surface area contributed by atoms with Gasteiger partial charge in [0, 0.05) is 12.1 Å². The van der Waals surface area contributed by atoms with Crippen molar-refractivity contribution in [1.29, 1.82) is 0 Å². The van der Waals surface area contributed by atoms with E-state index in [0.717, 1.165) is 11.1 Å². The van der Waals surface area contributed by atoms with E-state index in [-0.39, 0.29) is 19.0 Å². The Hall–Kier alpha value is -4.20. The number of hydrogen-bond acceptors (Lipinski definition) is 5. The predicted octanol–water partition coefficient (Wildman–Crippen LogP) is 4.30. The molecule has 3 rings (SSSR count). The standard InChI is InChI=1S/C27H28FN3O4/c1-18(2)21-11-7-19(8-12-21)15-29-26(32)27(33)31-30-16-22-5-4-6-24(34-3)25(22)35-17-20-9-13-23(28)14-10-20/h4-14,16,18H,15,17H2,1-3H3,(H,29,32)(H,31,33)/b30-16-. The minimum Gasteiger partial charge on any atom is -0.493 e. The number of carbonyl (C=O) groups excluding carboxylic acids is 2. The summed E-state index contributed by atoms with van der Waals surface area (Å²) < 4.78 is 24.4. The van der Waals surface area contributed by atoms with Crippen LogP contribution >= 0.6 is 0 Å². The lowest BCUT2D eigenvalue weighted by Gasteiger charge is -2.13. The number of amides is 2. The van der Waals surface area contributed by atoms with Crippen molar-refractivity contribution in [3.8, 4) is 11.5 Å². The molecule has 35 heavy (non-hydrogen) atoms. The molecule has 0 atom stereocenters. The molecule has 0 saturated carbocycles. The van der Waals surface area contributed by atoms with Crippen molar-refractivity contribution in [3.05, 3.63) is 94.8 Å². The fourth-order valence-electron chi connectivity index (χ4n) is 3.18. The first-order valence-electron chi connectivity index (χ1n) is 11.1. The van der Waals surface area contributed by atoms with Gasteiger partial charge in [-0.1, -0.05) is 56.3 Å². The maximum absolute atomic E-state index is 13.1. The van der Waals surface area contributed by atoms with Crippen molar-refractivity contribution < 1.29 is 23.5 Å². The van der Waals surface area contributed by atoms with E-state index in [1.165, 1.54) is 31.0 Å². The summed E-state index contributed by atoms with van der Waals surface area (Å²) >= 11 is 0. The third-order valence-electron chi connectivity index (χ3n) is 5.20. The number of halogens is 1. The molecule has 0 heterocycles. The number of benzene rings is 3. The Morgan fingerprint density at radius 1 is 0.971 bits per heavy atom. The molecule has 0 fully saturated rings. The van der Waals surface area contributed by atoms with Crippen molar-refractivity contribution in [3.63, 3.8) is 0 Å². The number of nitrogens with one attached hydrogen (secondary N) is 2. The van der Waals surface area contributed by atoms with Crippen molar-refractivity contribution >= 4 is 18.0 Å². The molecule has 2 N–H and O–H groups in total. The van der Waals surface area contributed by atoms with Crippen LogP contribution < -0.4 is 20.2 Å². The summed E-state index contributed by atoms with van der Waals surface area (Å²) in [6.07, 6.45) is 1.36. The van der Waals surface area contributed by atoms with Gasteiger partial charge in [0.2, 0.25) is 0 Å². The number of carbonyl (C=O) groups is 2. The molecule has 0 saturated heterocycles. The smallest absolute Gasteiger partial charge is 0.329 e. The van der Waals surface area contributed by atoms with Crippen LogP contribution in [-0.2, 0) is 22.7 Å². The highest BCUT2D eigenvalue weighted by molar-refractivity contribution is 6.35. The minimum absolute atomic E-state index is 0.175. The van der Waals surface area contributed by atoms with Crippen LogP contribution in [0.25, 0.3) is 0 Å². The molecular weight excluding hydrogens is 449 g/mol. The van der Waals surface area contributed by atoms with E-state index in [1.54, 1.807) is 30.3 Å². The number of ether oxygens (including phenoxy) is 2. The van der Waals surface area contributed by atoms with Crippen LogP contribution in [0.4, 0.5) is 4.39 Å². The van der Waals surface area contributed by atoms with E-state index in [0.29, 0.717) is 23.0 Å². The van der Waals surface area contributed by atoms with Crippen molar-refractivity contribution in [2.24, 2.45) is 5.10 Å². The summed E-state index contributed by atoms with van der Waals surface area (Å²) in [5.41, 5.74) is 5.60. The summed E-state index contributed by atoms with van der Waals surface area (Å²) in [5.74, 6) is -0.746. The molecule has 7 nitrogen and oxygen atoms in total. The second-order valence-electron chi connectivity index (χ2n) is 8.07. The highest BCUT2D eigenvalue weighted by atomic mass is 19.1. The van der Waals surface area contributed by atoms with Gasteiger partial charge < -0.3 is 14.8 Å². The van der Waals surface area contributed by atoms with Gasteiger partial charge in [-0.25, -0.2) is 9.82 Å². The highest BCUT2D eigenvalue weighted by Gasteiger charge is 2.13. The van der Waals surface area contributed by atoms with E-state index in [2.05, 4.69) is 29.7 Å². The SMILES string of the molecule is COc1cccc(/C=N\NC(=O)C(=O)NCc2ccc(C(C)C)cc2)c1OCc1ccc(F)cc1. The van der Waals surface area contributed by atoms with Crippen molar-refractivity contribution in [2.45, 2.75) is 32.9 Å². The lowest BCUT2D eigenvalue weighted by molar-refractivity contribution is -0.139. The van der Waals surface area contributed by atoms with Gasteiger partial charge in [-0.05, 0) is 46.9 Å². The summed E-state index contributed by atoms with van der Waals surface area (Å²) in [4.78, 5) is 24.2. The predicted molar refractivity (Wildman–Crippen MR) is 132 cm³/mol. The fourth-order valence-corrected chi connectivity index (χ4v) is 3.18. The first-order chi connectivity index (χ1) is 16.9. The zero-order chi connectivity index (χ0) is 25.2. The molecular formula is C27H28FN3O4. The molecule has 0 radical (unpaired) electrons. The number of hydrazone groups is 1. The van der Waals surface area contributed by atoms with Gasteiger partial charge in [0.1, 0.15) is 12.4 Å². The first kappa shape index (κ1) is 25.4. The second-order valence-corrected chi connectivity index (χ2v) is 8.07. The topological polar surface area (TPSA) is 89.0 Å². The zero-order valence-electron chi connectivity index (χ0n) is 19.9. The maximum atomic E-state index is 13.1. The fraction of sp³-hybridized carbons (Fsp3) is 0.222. The Balaban J connectivity index is 1.57. The number of hydrogen-bond donors (Lipinski definition) is 2. The molecule has 3 aromatic rings. The molecule has 0 aromatic heterocycles. The van der Waals surface area contributed by atoms with Gasteiger partial charge in [0.05, 0.1) is 13.3 Å². The third-order valence-corrected chi connectivity index (χ3v) is 5.20. The van der Waals surface area contributed by atoms with Gasteiger partial charge in [0.25, 0.3) is 0 Å². The van der Waals surface area contributed by atoms with Gasteiger partial charge in [-0.15, -0.1) is 0 Å². The van der Waals surface area contributed by atoms with Crippen LogP contribution in [0.1, 0.15) is 42.0 Å². The van der Waals surface area contributed by atoms with Gasteiger partial charge in [-0.3, -0.25) is 9.59 Å². The van der Waals surface area contributed by atoms with Crippen LogP contribution in [-0.4, -0.2) is 25.1 Å². The van der Waals surface area contributed by atoms with Gasteiger partial charge in [-0.2, -0.15) is 5.10 Å². The molecule has 0 spiro atoms. The molecule has 0 aliphatic heterocycles. The number of rotatable bonds is 9. The van der Waals surface area contributed by atoms with Gasteiger partial charge >= 0.3 is 11.8 Å². The Morgan fingerprint density at radius 2 is 1.66 bits per heavy atom. The first-order valence-corrected chi connectivity index (χ1v) is 11.1. The summed E-state index contributed by atoms with van der Waals surface area (Å²) in [5, 5.41) is 6.45. The summed E-state index contributed by atoms with van der Waals surface area (Å²) in [6.45, 7) is 4.61. The Morgan fingerprint density at radius 3 is 2.31 bits per heavy atom. The maximum Gasteiger partial charge on any atom is 0.329 e. The van der Waals surface area contributed by atoms with Crippen LogP contribution in [0.3, 0.4) is 0 Å².